The van der Waals surface area contributed by atoms with Gasteiger partial charge in [0.05, 0.1) is 0 Å². The average Bonchev–Trinajstić information content (AvgIpc) is 3.00. The van der Waals surface area contributed by atoms with Crippen molar-refractivity contribution in [3.05, 3.63) is 40.2 Å². The quantitative estimate of drug-likeness (QED) is 0.457. The topological polar surface area (TPSA) is 76.7 Å². The number of hydrogen-bond acceptors (Lipinski definition) is 4. The number of benzene rings is 1. The second-order valence-corrected chi connectivity index (χ2v) is 9.75. The van der Waals surface area contributed by atoms with Crippen LogP contribution in [0.15, 0.2) is 33.5 Å². The molecule has 6 heteroatoms. The van der Waals surface area contributed by atoms with Gasteiger partial charge in [-0.1, -0.05) is 0 Å². The zero-order chi connectivity index (χ0) is 15.9. The van der Waals surface area contributed by atoms with Crippen LogP contribution in [-0.2, 0) is 30.9 Å². The summed E-state index contributed by atoms with van der Waals surface area (Å²) in [5, 5.41) is 8.47. The molecule has 2 aliphatic rings. The molecule has 3 atom stereocenters. The molecule has 4 rings (SSSR count). The van der Waals surface area contributed by atoms with Gasteiger partial charge in [0.2, 0.25) is 0 Å². The van der Waals surface area contributed by atoms with Crippen LogP contribution in [0.2, 0.25) is 3.43 Å². The van der Waals surface area contributed by atoms with Crippen molar-refractivity contribution in [2.75, 3.05) is 0 Å². The Morgan fingerprint density at radius 1 is 1.32 bits per heavy atom. The van der Waals surface area contributed by atoms with E-state index in [0.717, 1.165) is 24.3 Å². The van der Waals surface area contributed by atoms with Crippen molar-refractivity contribution in [3.63, 3.8) is 0 Å². The van der Waals surface area contributed by atoms with E-state index < -0.39 is 5.97 Å². The molecule has 22 heavy (non-hydrogen) atoms. The average molecular weight is 488 g/mol. The normalized spacial score (nSPS) is 25.0. The van der Waals surface area contributed by atoms with E-state index in [2.05, 4.69) is 0 Å². The van der Waals surface area contributed by atoms with Gasteiger partial charge in [-0.25, -0.2) is 0 Å². The molecule has 1 aliphatic heterocycles. The zero-order valence-electron chi connectivity index (χ0n) is 12.2. The fraction of sp³-hybridized carbons (Fsp3) is 0.375. The molecular weight excluding hydrogens is 473 g/mol. The Kier molecular flexibility index (Phi) is 4.25. The van der Waals surface area contributed by atoms with Crippen LogP contribution in [0.4, 0.5) is 0 Å². The molecule has 1 aromatic heterocycles. The summed E-state index contributed by atoms with van der Waals surface area (Å²) in [6.45, 7) is 1.08. The zero-order valence-corrected chi connectivity index (χ0v) is 17.7. The van der Waals surface area contributed by atoms with Gasteiger partial charge in [-0.2, -0.15) is 0 Å². The second kappa shape index (κ2) is 6.03. The van der Waals surface area contributed by atoms with E-state index in [1.807, 2.05) is 24.3 Å². The van der Waals surface area contributed by atoms with Crippen LogP contribution >= 0.6 is 0 Å². The Morgan fingerprint density at radius 3 is 2.73 bits per heavy atom. The van der Waals surface area contributed by atoms with Crippen LogP contribution in [0.25, 0.3) is 11.0 Å². The van der Waals surface area contributed by atoms with Crippen molar-refractivity contribution < 1.29 is 45.2 Å². The molecule has 2 heterocycles. The molecule has 1 fully saturated rings. The number of carbonyl (C=O) groups is 1. The van der Waals surface area contributed by atoms with Crippen LogP contribution < -0.4 is 10.4 Å². The fourth-order valence-electron chi connectivity index (χ4n) is 3.31. The van der Waals surface area contributed by atoms with Gasteiger partial charge in [0, 0.05) is 6.92 Å². The second-order valence-electron chi connectivity index (χ2n) is 5.67. The predicted octanol–water partition coefficient (Wildman–Crippen LogP) is 2.86. The van der Waals surface area contributed by atoms with E-state index in [9.17, 15) is 4.79 Å². The first kappa shape index (κ1) is 15.5. The van der Waals surface area contributed by atoms with Crippen molar-refractivity contribution >= 4 is 16.9 Å². The third kappa shape index (κ3) is 2.66. The van der Waals surface area contributed by atoms with Gasteiger partial charge in [0.25, 0.3) is 5.97 Å². The van der Waals surface area contributed by atoms with Crippen LogP contribution in [0.3, 0.4) is 0 Å². The number of ether oxygens (including phenoxy) is 1. The SMILES string of the molecule is CC(=O)O.O=c1oc2ccccc2c2c1O[C@@H]1[CH]([Hg])CC[C@H]21. The minimum absolute atomic E-state index is 0.247. The molecule has 2 aromatic rings. The van der Waals surface area contributed by atoms with Gasteiger partial charge in [-0.3, -0.25) is 4.79 Å². The molecule has 0 amide bonds. The predicted molar refractivity (Wildman–Crippen MR) is 75.9 cm³/mol. The maximum absolute atomic E-state index is 12.0. The van der Waals surface area contributed by atoms with Crippen molar-refractivity contribution in [1.29, 1.82) is 0 Å². The summed E-state index contributed by atoms with van der Waals surface area (Å²) in [6, 6.07) is 7.79. The third-order valence-corrected chi connectivity index (χ3v) is 7.54. The van der Waals surface area contributed by atoms with Crippen molar-refractivity contribution in [1.82, 2.24) is 0 Å². The number of carboxylic acids is 1. The monoisotopic (exact) mass is 489 g/mol. The number of carboxylic acid groups (broad SMARTS) is 1. The molecule has 1 aliphatic carbocycles. The molecule has 1 aromatic carbocycles. The van der Waals surface area contributed by atoms with Crippen LogP contribution in [0.5, 0.6) is 5.75 Å². The third-order valence-electron chi connectivity index (χ3n) is 4.14. The van der Waals surface area contributed by atoms with Crippen molar-refractivity contribution in [2.45, 2.75) is 35.2 Å². The van der Waals surface area contributed by atoms with Crippen molar-refractivity contribution in [2.24, 2.45) is 0 Å². The van der Waals surface area contributed by atoms with Crippen molar-refractivity contribution in [3.8, 4) is 5.75 Å². The molecule has 0 bridgehead atoms. The number of para-hydroxylation sites is 1. The molecule has 1 unspecified atom stereocenters. The number of aliphatic carboxylic acids is 1. The Labute approximate surface area is 143 Å². The van der Waals surface area contributed by atoms with E-state index in [0.29, 0.717) is 46.8 Å². The first-order valence-corrected chi connectivity index (χ1v) is 10.4. The summed E-state index contributed by atoms with van der Waals surface area (Å²) in [7, 11) is 0. The van der Waals surface area contributed by atoms with E-state index in [1.54, 1.807) is 0 Å². The molecule has 1 N–H and O–H groups in total. The van der Waals surface area contributed by atoms with E-state index in [1.165, 1.54) is 6.42 Å². The standard InChI is InChI=1S/C14H11O3.C2H4O2.Hg/c15-14-13-12(9-5-3-7-10(9)16-13)8-4-1-2-6-11(8)17-14;1-2(3)4;/h1-2,4,6-7,9-10H,3,5H2;1H3,(H,3,4);/t9-,10+;;/m0../s1. The molecule has 0 spiro atoms. The molecular formula is C16H15HgO5. The Bertz CT molecular complexity index is 778. The van der Waals surface area contributed by atoms with Crippen LogP contribution in [0, 0.1) is 0 Å². The first-order chi connectivity index (χ1) is 10.5. The Hall–Kier alpha value is -1.36. The van der Waals surface area contributed by atoms with Gasteiger partial charge < -0.3 is 5.11 Å². The fourth-order valence-corrected chi connectivity index (χ4v) is 5.88. The van der Waals surface area contributed by atoms with Gasteiger partial charge >= 0.3 is 121 Å². The summed E-state index contributed by atoms with van der Waals surface area (Å²) in [5.41, 5.74) is 1.49. The summed E-state index contributed by atoms with van der Waals surface area (Å²) in [6.07, 6.45) is 2.66. The number of hydrogen-bond donors (Lipinski definition) is 1. The number of fused-ring (bicyclic) bond motifs is 5. The molecule has 0 radical (unpaired) electrons. The Morgan fingerprint density at radius 2 is 2.00 bits per heavy atom. The van der Waals surface area contributed by atoms with Crippen LogP contribution in [-0.4, -0.2) is 17.2 Å². The van der Waals surface area contributed by atoms with Gasteiger partial charge in [0.1, 0.15) is 0 Å². The molecule has 5 nitrogen and oxygen atoms in total. The van der Waals surface area contributed by atoms with Gasteiger partial charge in [-0.05, 0) is 0 Å². The van der Waals surface area contributed by atoms with E-state index >= 15 is 0 Å². The number of rotatable bonds is 0. The Balaban J connectivity index is 0.000000325. The summed E-state index contributed by atoms with van der Waals surface area (Å²) < 4.78 is 12.0. The summed E-state index contributed by atoms with van der Waals surface area (Å²) >= 11 is 0.701. The molecule has 0 saturated heterocycles. The van der Waals surface area contributed by atoms with E-state index in [-0.39, 0.29) is 11.7 Å². The maximum atomic E-state index is 12.0. The first-order valence-electron chi connectivity index (χ1n) is 7.24. The van der Waals surface area contributed by atoms with Gasteiger partial charge in [0.15, 0.2) is 0 Å². The van der Waals surface area contributed by atoms with Crippen LogP contribution in [0.1, 0.15) is 31.2 Å². The molecule has 111 valence electrons. The summed E-state index contributed by atoms with van der Waals surface area (Å²) in [4.78, 5) is 21.0. The minimum atomic E-state index is -0.833. The molecule has 1 saturated carbocycles. The van der Waals surface area contributed by atoms with Gasteiger partial charge in [-0.15, -0.1) is 0 Å². The summed E-state index contributed by atoms with van der Waals surface area (Å²) in [5.74, 6) is 0.0651. The van der Waals surface area contributed by atoms with E-state index in [4.69, 9.17) is 19.1 Å².